The molecule has 0 saturated carbocycles. The predicted molar refractivity (Wildman–Crippen MR) is 126 cm³/mol. The second-order valence-corrected chi connectivity index (χ2v) is 7.25. The van der Waals surface area contributed by atoms with Crippen LogP contribution in [0.4, 0.5) is 5.82 Å². The van der Waals surface area contributed by atoms with Crippen molar-refractivity contribution in [1.29, 1.82) is 0 Å². The molecule has 0 saturated heterocycles. The third kappa shape index (κ3) is 5.46. The monoisotopic (exact) mass is 451 g/mol. The zero-order chi connectivity index (χ0) is 21.5. The molecule has 0 aliphatic rings. The number of rotatable bonds is 9. The number of aromatic nitrogens is 6. The van der Waals surface area contributed by atoms with Crippen LogP contribution in [0.5, 0.6) is 0 Å². The van der Waals surface area contributed by atoms with E-state index in [4.69, 9.17) is 0 Å². The van der Waals surface area contributed by atoms with Gasteiger partial charge in [-0.1, -0.05) is 61.9 Å². The fourth-order valence-electron chi connectivity index (χ4n) is 3.36. The molecule has 4 aromatic rings. The van der Waals surface area contributed by atoms with Crippen molar-refractivity contribution in [3.8, 4) is 22.5 Å². The van der Waals surface area contributed by atoms with Crippen molar-refractivity contribution < 1.29 is 5.11 Å². The average molecular weight is 452 g/mol. The van der Waals surface area contributed by atoms with Crippen LogP contribution in [0.25, 0.3) is 22.5 Å². The van der Waals surface area contributed by atoms with Gasteiger partial charge in [0, 0.05) is 30.3 Å². The highest BCUT2D eigenvalue weighted by Crippen LogP contribution is 2.29. The van der Waals surface area contributed by atoms with Gasteiger partial charge in [-0.2, -0.15) is 5.21 Å². The molecule has 0 aliphatic carbocycles. The molecular formula is C23H26ClN7O. The van der Waals surface area contributed by atoms with Crippen molar-refractivity contribution in [3.05, 3.63) is 71.7 Å². The van der Waals surface area contributed by atoms with Gasteiger partial charge in [-0.15, -0.1) is 22.6 Å². The molecule has 0 spiro atoms. The summed E-state index contributed by atoms with van der Waals surface area (Å²) in [5, 5.41) is 27.3. The van der Waals surface area contributed by atoms with Crippen LogP contribution >= 0.6 is 12.4 Å². The van der Waals surface area contributed by atoms with Crippen molar-refractivity contribution >= 4 is 18.2 Å². The molecule has 2 aromatic carbocycles. The Morgan fingerprint density at radius 3 is 2.50 bits per heavy atom. The van der Waals surface area contributed by atoms with Crippen LogP contribution in [0.1, 0.15) is 36.7 Å². The van der Waals surface area contributed by atoms with Crippen LogP contribution in [0.15, 0.2) is 54.7 Å². The van der Waals surface area contributed by atoms with Crippen LogP contribution in [0.2, 0.25) is 0 Å². The first kappa shape index (κ1) is 23.3. The number of unbranched alkanes of at least 4 members (excludes halogenated alkanes) is 1. The standard InChI is InChI=1S/C23H25N7O.ClH/c1-2-3-8-21-24-14-18(15-31)22(26-21)25-13-16-9-11-17(12-10-16)19-6-4-5-7-20(19)23-27-29-30-28-23;/h4-7,9-12,14,31H,2-3,8,13,15H2,1H3,(H,24,25,26)(H,27,28,29,30);1H. The van der Waals surface area contributed by atoms with Crippen molar-refractivity contribution in [2.24, 2.45) is 0 Å². The van der Waals surface area contributed by atoms with Crippen LogP contribution in [-0.2, 0) is 19.6 Å². The number of aliphatic hydroxyl groups excluding tert-OH is 1. The fourth-order valence-corrected chi connectivity index (χ4v) is 3.36. The Hall–Kier alpha value is -3.36. The summed E-state index contributed by atoms with van der Waals surface area (Å²) in [4.78, 5) is 8.95. The molecule has 0 unspecified atom stereocenters. The van der Waals surface area contributed by atoms with Crippen LogP contribution in [0, 0.1) is 0 Å². The molecule has 166 valence electrons. The largest absolute Gasteiger partial charge is 0.391 e. The second kappa shape index (κ2) is 11.3. The highest BCUT2D eigenvalue weighted by Gasteiger charge is 2.11. The van der Waals surface area contributed by atoms with Gasteiger partial charge in [0.15, 0.2) is 0 Å². The van der Waals surface area contributed by atoms with Gasteiger partial charge in [0.2, 0.25) is 5.82 Å². The van der Waals surface area contributed by atoms with E-state index in [9.17, 15) is 5.11 Å². The number of aryl methyl sites for hydroxylation is 1. The Morgan fingerprint density at radius 2 is 1.81 bits per heavy atom. The number of H-pyrrole nitrogens is 1. The number of nitrogens with one attached hydrogen (secondary N) is 2. The maximum atomic E-state index is 9.61. The van der Waals surface area contributed by atoms with Crippen LogP contribution < -0.4 is 5.32 Å². The van der Waals surface area contributed by atoms with Crippen LogP contribution in [-0.4, -0.2) is 35.7 Å². The number of nitrogens with zero attached hydrogens (tertiary/aromatic N) is 5. The van der Waals surface area contributed by atoms with Crippen molar-refractivity contribution in [2.75, 3.05) is 5.32 Å². The molecule has 8 nitrogen and oxygen atoms in total. The first-order chi connectivity index (χ1) is 15.3. The Balaban J connectivity index is 0.00000289. The topological polar surface area (TPSA) is 112 Å². The van der Waals surface area contributed by atoms with E-state index in [-0.39, 0.29) is 19.0 Å². The summed E-state index contributed by atoms with van der Waals surface area (Å²) in [5.41, 5.74) is 4.85. The minimum atomic E-state index is -0.0950. The highest BCUT2D eigenvalue weighted by atomic mass is 35.5. The van der Waals surface area contributed by atoms with E-state index in [1.807, 2.05) is 24.3 Å². The Kier molecular flexibility index (Phi) is 8.24. The maximum Gasteiger partial charge on any atom is 0.205 e. The molecule has 2 heterocycles. The quantitative estimate of drug-likeness (QED) is 0.349. The lowest BCUT2D eigenvalue weighted by Gasteiger charge is -2.12. The smallest absolute Gasteiger partial charge is 0.205 e. The lowest BCUT2D eigenvalue weighted by molar-refractivity contribution is 0.281. The van der Waals surface area contributed by atoms with E-state index in [0.29, 0.717) is 23.8 Å². The van der Waals surface area contributed by atoms with E-state index >= 15 is 0 Å². The molecule has 0 bridgehead atoms. The van der Waals surface area contributed by atoms with Gasteiger partial charge in [-0.25, -0.2) is 9.97 Å². The van der Waals surface area contributed by atoms with Gasteiger partial charge in [0.25, 0.3) is 0 Å². The molecule has 0 atom stereocenters. The minimum Gasteiger partial charge on any atom is -0.391 e. The van der Waals surface area contributed by atoms with Gasteiger partial charge >= 0.3 is 0 Å². The van der Waals surface area contributed by atoms with Gasteiger partial charge in [-0.3, -0.25) is 0 Å². The maximum absolute atomic E-state index is 9.61. The normalized spacial score (nSPS) is 10.6. The Bertz CT molecular complexity index is 1120. The SMILES string of the molecule is CCCCc1ncc(CO)c(NCc2ccc(-c3ccccc3-c3nn[nH]n3)cc2)n1.Cl. The Labute approximate surface area is 193 Å². The van der Waals surface area contributed by atoms with E-state index < -0.39 is 0 Å². The number of hydrogen-bond acceptors (Lipinski definition) is 7. The van der Waals surface area contributed by atoms with Gasteiger partial charge < -0.3 is 10.4 Å². The van der Waals surface area contributed by atoms with Crippen molar-refractivity contribution in [1.82, 2.24) is 30.6 Å². The lowest BCUT2D eigenvalue weighted by Crippen LogP contribution is -2.08. The van der Waals surface area contributed by atoms with Gasteiger partial charge in [-0.05, 0) is 28.3 Å². The van der Waals surface area contributed by atoms with Gasteiger partial charge in [0.05, 0.1) is 6.61 Å². The summed E-state index contributed by atoms with van der Waals surface area (Å²) in [6.07, 6.45) is 4.68. The fraction of sp³-hybridized carbons (Fsp3) is 0.261. The molecular weight excluding hydrogens is 426 g/mol. The number of aliphatic hydroxyl groups is 1. The van der Waals surface area contributed by atoms with Crippen LogP contribution in [0.3, 0.4) is 0 Å². The van der Waals surface area contributed by atoms with Crippen molar-refractivity contribution in [3.63, 3.8) is 0 Å². The van der Waals surface area contributed by atoms with E-state index in [2.05, 4.69) is 67.1 Å². The number of benzene rings is 2. The predicted octanol–water partition coefficient (Wildman–Crippen LogP) is 4.19. The summed E-state index contributed by atoms with van der Waals surface area (Å²) < 4.78 is 0. The van der Waals surface area contributed by atoms with E-state index in [1.165, 1.54) is 0 Å². The number of anilines is 1. The molecule has 9 heteroatoms. The number of hydrogen-bond donors (Lipinski definition) is 3. The molecule has 2 aromatic heterocycles. The third-order valence-electron chi connectivity index (χ3n) is 5.08. The molecule has 4 rings (SSSR count). The molecule has 3 N–H and O–H groups in total. The summed E-state index contributed by atoms with van der Waals surface area (Å²) in [5.74, 6) is 2.06. The number of halogens is 1. The minimum absolute atomic E-state index is 0. The zero-order valence-corrected chi connectivity index (χ0v) is 18.6. The molecule has 0 amide bonds. The number of aromatic amines is 1. The van der Waals surface area contributed by atoms with Gasteiger partial charge in [0.1, 0.15) is 11.6 Å². The second-order valence-electron chi connectivity index (χ2n) is 7.25. The molecule has 32 heavy (non-hydrogen) atoms. The number of tetrazole rings is 1. The van der Waals surface area contributed by atoms with E-state index in [0.717, 1.165) is 47.3 Å². The molecule has 0 aliphatic heterocycles. The average Bonchev–Trinajstić information content (AvgIpc) is 3.37. The third-order valence-corrected chi connectivity index (χ3v) is 5.08. The summed E-state index contributed by atoms with van der Waals surface area (Å²) in [7, 11) is 0. The summed E-state index contributed by atoms with van der Waals surface area (Å²) >= 11 is 0. The molecule has 0 radical (unpaired) electrons. The molecule has 0 fully saturated rings. The summed E-state index contributed by atoms with van der Waals surface area (Å²) in [6, 6.07) is 16.3. The lowest BCUT2D eigenvalue weighted by atomic mass is 9.98. The summed E-state index contributed by atoms with van der Waals surface area (Å²) in [6.45, 7) is 2.65. The van der Waals surface area contributed by atoms with E-state index in [1.54, 1.807) is 6.20 Å². The zero-order valence-electron chi connectivity index (χ0n) is 17.8. The Morgan fingerprint density at radius 1 is 1.03 bits per heavy atom. The van der Waals surface area contributed by atoms with Crippen molar-refractivity contribution in [2.45, 2.75) is 39.3 Å². The highest BCUT2D eigenvalue weighted by molar-refractivity contribution is 5.85. The first-order valence-electron chi connectivity index (χ1n) is 10.4. The first-order valence-corrected chi connectivity index (χ1v) is 10.4.